The fourth-order valence-corrected chi connectivity index (χ4v) is 2.59. The normalized spacial score (nSPS) is 10.9. The van der Waals surface area contributed by atoms with Gasteiger partial charge in [0.1, 0.15) is 0 Å². The molecule has 84 valence electrons. The van der Waals surface area contributed by atoms with Crippen LogP contribution in [-0.2, 0) is 6.54 Å². The molecule has 0 amide bonds. The molecule has 0 aliphatic carbocycles. The van der Waals surface area contributed by atoms with E-state index in [2.05, 4.69) is 55.9 Å². The Morgan fingerprint density at radius 2 is 1.94 bits per heavy atom. The molecule has 3 heteroatoms. The van der Waals surface area contributed by atoms with Gasteiger partial charge in [0, 0.05) is 28.8 Å². The van der Waals surface area contributed by atoms with Gasteiger partial charge < -0.3 is 4.57 Å². The fourth-order valence-electron chi connectivity index (χ4n) is 2.00. The molecule has 0 aliphatic rings. The zero-order chi connectivity index (χ0) is 11.7. The van der Waals surface area contributed by atoms with Gasteiger partial charge in [0.05, 0.1) is 11.7 Å². The Bertz CT molecular complexity index is 644. The molecule has 0 N–H and O–H groups in total. The Labute approximate surface area is 108 Å². The molecule has 3 aromatic rings. The largest absolute Gasteiger partial charge is 0.341 e. The maximum atomic E-state index is 4.19. The highest BCUT2D eigenvalue weighted by atomic mass is 79.9. The summed E-state index contributed by atoms with van der Waals surface area (Å²) in [6.45, 7) is 0.870. The first kappa shape index (κ1) is 10.5. The average molecular weight is 287 g/mol. The number of fused-ring (bicyclic) bond motifs is 1. The van der Waals surface area contributed by atoms with Gasteiger partial charge in [0.2, 0.25) is 0 Å². The van der Waals surface area contributed by atoms with E-state index in [1.165, 1.54) is 10.9 Å². The lowest BCUT2D eigenvalue weighted by Gasteiger charge is -2.04. The summed E-state index contributed by atoms with van der Waals surface area (Å²) in [6, 6.07) is 12.5. The van der Waals surface area contributed by atoms with Crippen molar-refractivity contribution in [3.63, 3.8) is 0 Å². The molecular weight excluding hydrogens is 276 g/mol. The molecule has 17 heavy (non-hydrogen) atoms. The molecule has 2 aromatic heterocycles. The summed E-state index contributed by atoms with van der Waals surface area (Å²) in [5.74, 6) is 0. The van der Waals surface area contributed by atoms with Gasteiger partial charge in [-0.2, -0.15) is 0 Å². The molecule has 0 saturated carbocycles. The smallest absolute Gasteiger partial charge is 0.0681 e. The topological polar surface area (TPSA) is 17.8 Å². The SMILES string of the molecule is Brc1cn(Cc2ccccc2)c2cnccc12. The minimum atomic E-state index is 0.870. The standard InChI is InChI=1S/C14H11BrN2/c15-13-10-17(9-11-4-2-1-3-5-11)14-8-16-7-6-12(13)14/h1-8,10H,9H2. The third kappa shape index (κ3) is 1.98. The van der Waals surface area contributed by atoms with Crippen molar-refractivity contribution in [2.24, 2.45) is 0 Å². The highest BCUT2D eigenvalue weighted by Crippen LogP contribution is 2.25. The molecule has 0 unspecified atom stereocenters. The Hall–Kier alpha value is -1.61. The van der Waals surface area contributed by atoms with Gasteiger partial charge in [-0.3, -0.25) is 4.98 Å². The number of nitrogens with zero attached hydrogens (tertiary/aromatic N) is 2. The van der Waals surface area contributed by atoms with E-state index in [0.717, 1.165) is 16.5 Å². The van der Waals surface area contributed by atoms with Gasteiger partial charge in [0.25, 0.3) is 0 Å². The average Bonchev–Trinajstić information content (AvgIpc) is 2.69. The highest BCUT2D eigenvalue weighted by molar-refractivity contribution is 9.10. The second-order valence-electron chi connectivity index (χ2n) is 3.98. The van der Waals surface area contributed by atoms with Crippen molar-refractivity contribution in [2.75, 3.05) is 0 Å². The molecule has 0 aliphatic heterocycles. The van der Waals surface area contributed by atoms with Crippen LogP contribution in [0.1, 0.15) is 5.56 Å². The Balaban J connectivity index is 2.07. The maximum absolute atomic E-state index is 4.19. The summed E-state index contributed by atoms with van der Waals surface area (Å²) in [5, 5.41) is 1.20. The third-order valence-electron chi connectivity index (χ3n) is 2.83. The van der Waals surface area contributed by atoms with Crippen molar-refractivity contribution in [2.45, 2.75) is 6.54 Å². The summed E-state index contributed by atoms with van der Waals surface area (Å²) in [6.07, 6.45) is 5.84. The summed E-state index contributed by atoms with van der Waals surface area (Å²) in [5.41, 5.74) is 2.45. The van der Waals surface area contributed by atoms with Crippen LogP contribution in [0.4, 0.5) is 0 Å². The first-order valence-electron chi connectivity index (χ1n) is 5.47. The summed E-state index contributed by atoms with van der Waals surface area (Å²) < 4.78 is 3.33. The van der Waals surface area contributed by atoms with E-state index in [1.807, 2.05) is 24.5 Å². The predicted molar refractivity (Wildman–Crippen MR) is 73.0 cm³/mol. The monoisotopic (exact) mass is 286 g/mol. The zero-order valence-electron chi connectivity index (χ0n) is 9.18. The minimum absolute atomic E-state index is 0.870. The fraction of sp³-hybridized carbons (Fsp3) is 0.0714. The van der Waals surface area contributed by atoms with Crippen LogP contribution in [0, 0.1) is 0 Å². The number of hydrogen-bond donors (Lipinski definition) is 0. The Morgan fingerprint density at radius 3 is 2.76 bits per heavy atom. The molecule has 0 spiro atoms. The second-order valence-corrected chi connectivity index (χ2v) is 4.84. The van der Waals surface area contributed by atoms with Crippen molar-refractivity contribution < 1.29 is 0 Å². The summed E-state index contributed by atoms with van der Waals surface area (Å²) in [7, 11) is 0. The van der Waals surface area contributed by atoms with E-state index in [0.29, 0.717) is 0 Å². The van der Waals surface area contributed by atoms with E-state index in [1.54, 1.807) is 0 Å². The minimum Gasteiger partial charge on any atom is -0.341 e. The first-order chi connectivity index (χ1) is 8.34. The molecule has 0 saturated heterocycles. The zero-order valence-corrected chi connectivity index (χ0v) is 10.8. The number of rotatable bonds is 2. The number of aromatic nitrogens is 2. The number of hydrogen-bond acceptors (Lipinski definition) is 1. The molecule has 0 radical (unpaired) electrons. The van der Waals surface area contributed by atoms with Crippen LogP contribution in [0.2, 0.25) is 0 Å². The first-order valence-corrected chi connectivity index (χ1v) is 6.26. The molecular formula is C14H11BrN2. The lowest BCUT2D eigenvalue weighted by molar-refractivity contribution is 0.833. The van der Waals surface area contributed by atoms with E-state index < -0.39 is 0 Å². The van der Waals surface area contributed by atoms with Gasteiger partial charge in [0.15, 0.2) is 0 Å². The van der Waals surface area contributed by atoms with Crippen molar-refractivity contribution in [1.29, 1.82) is 0 Å². The van der Waals surface area contributed by atoms with Crippen LogP contribution in [-0.4, -0.2) is 9.55 Å². The van der Waals surface area contributed by atoms with Crippen LogP contribution < -0.4 is 0 Å². The summed E-state index contributed by atoms with van der Waals surface area (Å²) >= 11 is 3.58. The molecule has 1 aromatic carbocycles. The second kappa shape index (κ2) is 4.34. The number of pyridine rings is 1. The van der Waals surface area contributed by atoms with Gasteiger partial charge in [-0.25, -0.2) is 0 Å². The number of halogens is 1. The van der Waals surface area contributed by atoms with E-state index >= 15 is 0 Å². The molecule has 3 rings (SSSR count). The number of benzene rings is 1. The van der Waals surface area contributed by atoms with Crippen LogP contribution in [0.25, 0.3) is 10.9 Å². The van der Waals surface area contributed by atoms with Crippen LogP contribution in [0.15, 0.2) is 59.5 Å². The van der Waals surface area contributed by atoms with Gasteiger partial charge in [-0.1, -0.05) is 30.3 Å². The maximum Gasteiger partial charge on any atom is 0.0681 e. The molecule has 2 heterocycles. The predicted octanol–water partition coefficient (Wildman–Crippen LogP) is 3.85. The van der Waals surface area contributed by atoms with Crippen molar-refractivity contribution >= 4 is 26.8 Å². The molecule has 0 fully saturated rings. The lowest BCUT2D eigenvalue weighted by Crippen LogP contribution is -1.97. The molecule has 0 atom stereocenters. The van der Waals surface area contributed by atoms with Crippen LogP contribution >= 0.6 is 15.9 Å². The lowest BCUT2D eigenvalue weighted by atomic mass is 10.2. The highest BCUT2D eigenvalue weighted by Gasteiger charge is 2.06. The quantitative estimate of drug-likeness (QED) is 0.700. The summed E-state index contributed by atoms with van der Waals surface area (Å²) in [4.78, 5) is 4.19. The Morgan fingerprint density at radius 1 is 1.12 bits per heavy atom. The van der Waals surface area contributed by atoms with Crippen molar-refractivity contribution in [1.82, 2.24) is 9.55 Å². The Kier molecular flexibility index (Phi) is 2.69. The van der Waals surface area contributed by atoms with Gasteiger partial charge in [-0.05, 0) is 27.6 Å². The van der Waals surface area contributed by atoms with Crippen molar-refractivity contribution in [3.8, 4) is 0 Å². The van der Waals surface area contributed by atoms with Crippen molar-refractivity contribution in [3.05, 3.63) is 65.0 Å². The van der Waals surface area contributed by atoms with Crippen LogP contribution in [0.5, 0.6) is 0 Å². The van der Waals surface area contributed by atoms with Gasteiger partial charge >= 0.3 is 0 Å². The van der Waals surface area contributed by atoms with E-state index in [-0.39, 0.29) is 0 Å². The van der Waals surface area contributed by atoms with Gasteiger partial charge in [-0.15, -0.1) is 0 Å². The molecule has 0 bridgehead atoms. The molecule has 2 nitrogen and oxygen atoms in total. The van der Waals surface area contributed by atoms with Crippen LogP contribution in [0.3, 0.4) is 0 Å². The van der Waals surface area contributed by atoms with E-state index in [9.17, 15) is 0 Å². The van der Waals surface area contributed by atoms with E-state index in [4.69, 9.17) is 0 Å². The third-order valence-corrected chi connectivity index (χ3v) is 3.46.